The van der Waals surface area contributed by atoms with Gasteiger partial charge in [0, 0.05) is 0 Å². The number of rotatable bonds is 8. The van der Waals surface area contributed by atoms with Gasteiger partial charge in [0.1, 0.15) is 18.3 Å². The highest BCUT2D eigenvalue weighted by atomic mass is 16.6. The average molecular weight is 276 g/mol. The van der Waals surface area contributed by atoms with E-state index in [-0.39, 0.29) is 0 Å². The summed E-state index contributed by atoms with van der Waals surface area (Å²) in [7, 11) is 0. The first-order chi connectivity index (χ1) is 9.07. The van der Waals surface area contributed by atoms with Crippen molar-refractivity contribution in [2.24, 2.45) is 0 Å². The third-order valence-corrected chi connectivity index (χ3v) is 3.78. The fourth-order valence-electron chi connectivity index (χ4n) is 2.47. The Hall–Kier alpha value is -0.200. The van der Waals surface area contributed by atoms with Crippen molar-refractivity contribution in [1.29, 1.82) is 0 Å². The molecular formula is C14H28O5. The molecule has 1 aliphatic rings. The van der Waals surface area contributed by atoms with Gasteiger partial charge in [0.25, 0.3) is 0 Å². The van der Waals surface area contributed by atoms with E-state index < -0.39 is 30.7 Å². The van der Waals surface area contributed by atoms with E-state index in [1.807, 2.05) is 0 Å². The minimum Gasteiger partial charge on any atom is -0.388 e. The Morgan fingerprint density at radius 3 is 1.95 bits per heavy atom. The Labute approximate surface area is 115 Å². The molecule has 5 nitrogen and oxygen atoms in total. The predicted molar refractivity (Wildman–Crippen MR) is 71.5 cm³/mol. The normalized spacial score (nSPS) is 35.5. The van der Waals surface area contributed by atoms with Gasteiger partial charge in [-0.3, -0.25) is 0 Å². The van der Waals surface area contributed by atoms with E-state index in [9.17, 15) is 20.4 Å². The van der Waals surface area contributed by atoms with Gasteiger partial charge in [-0.25, -0.2) is 0 Å². The topological polar surface area (TPSA) is 90.2 Å². The van der Waals surface area contributed by atoms with E-state index in [2.05, 4.69) is 6.92 Å². The third kappa shape index (κ3) is 5.36. The number of aliphatic hydroxyl groups excluding tert-OH is 4. The minimum absolute atomic E-state index is 0.593. The van der Waals surface area contributed by atoms with Gasteiger partial charge in [0.15, 0.2) is 6.29 Å². The summed E-state index contributed by atoms with van der Waals surface area (Å²) >= 11 is 0. The molecule has 1 heterocycles. The van der Waals surface area contributed by atoms with Crippen molar-refractivity contribution in [2.45, 2.75) is 89.0 Å². The molecule has 0 saturated carbocycles. The molecule has 0 aromatic rings. The molecule has 0 aromatic carbocycles. The van der Waals surface area contributed by atoms with Crippen LogP contribution in [0.2, 0.25) is 0 Å². The molecule has 0 radical (unpaired) electrons. The summed E-state index contributed by atoms with van der Waals surface area (Å²) in [6, 6.07) is 0. The van der Waals surface area contributed by atoms with Crippen LogP contribution in [0.4, 0.5) is 0 Å². The van der Waals surface area contributed by atoms with Crippen LogP contribution in [-0.2, 0) is 4.74 Å². The Bertz CT molecular complexity index is 236. The second-order valence-corrected chi connectivity index (χ2v) is 5.45. The Balaban J connectivity index is 2.15. The lowest BCUT2D eigenvalue weighted by atomic mass is 9.95. The molecule has 0 aliphatic carbocycles. The summed E-state index contributed by atoms with van der Waals surface area (Å²) in [6.45, 7) is 2.19. The molecule has 0 unspecified atom stereocenters. The van der Waals surface area contributed by atoms with Crippen molar-refractivity contribution in [3.8, 4) is 0 Å². The molecule has 1 fully saturated rings. The van der Waals surface area contributed by atoms with E-state index >= 15 is 0 Å². The largest absolute Gasteiger partial charge is 0.388 e. The highest BCUT2D eigenvalue weighted by molar-refractivity contribution is 4.88. The van der Waals surface area contributed by atoms with E-state index in [4.69, 9.17) is 4.74 Å². The van der Waals surface area contributed by atoms with Crippen LogP contribution in [0.25, 0.3) is 0 Å². The SMILES string of the molecule is CCCCCCCCC[C@@H]1O[C@@H](O)[C@@H](O)[C@H](O)[C@@H]1O. The van der Waals surface area contributed by atoms with Gasteiger partial charge in [0.2, 0.25) is 0 Å². The van der Waals surface area contributed by atoms with Crippen LogP contribution in [0, 0.1) is 0 Å². The average Bonchev–Trinajstić information content (AvgIpc) is 2.41. The van der Waals surface area contributed by atoms with Crippen molar-refractivity contribution in [2.75, 3.05) is 0 Å². The van der Waals surface area contributed by atoms with Crippen LogP contribution >= 0.6 is 0 Å². The van der Waals surface area contributed by atoms with Crippen LogP contribution in [0.3, 0.4) is 0 Å². The summed E-state index contributed by atoms with van der Waals surface area (Å²) in [5, 5.41) is 38.0. The molecule has 0 aromatic heterocycles. The summed E-state index contributed by atoms with van der Waals surface area (Å²) in [6.07, 6.45) is 2.82. The van der Waals surface area contributed by atoms with E-state index in [0.717, 1.165) is 19.3 Å². The lowest BCUT2D eigenvalue weighted by Crippen LogP contribution is -2.57. The monoisotopic (exact) mass is 276 g/mol. The van der Waals surface area contributed by atoms with E-state index in [1.165, 1.54) is 25.7 Å². The molecule has 5 atom stereocenters. The molecule has 114 valence electrons. The zero-order valence-electron chi connectivity index (χ0n) is 11.7. The number of ether oxygens (including phenoxy) is 1. The highest BCUT2D eigenvalue weighted by Crippen LogP contribution is 2.23. The molecule has 1 rings (SSSR count). The van der Waals surface area contributed by atoms with Gasteiger partial charge >= 0.3 is 0 Å². The molecule has 0 amide bonds. The first-order valence-electron chi connectivity index (χ1n) is 7.45. The summed E-state index contributed by atoms with van der Waals surface area (Å²) in [4.78, 5) is 0. The van der Waals surface area contributed by atoms with Gasteiger partial charge in [-0.05, 0) is 6.42 Å². The van der Waals surface area contributed by atoms with E-state index in [1.54, 1.807) is 0 Å². The van der Waals surface area contributed by atoms with Gasteiger partial charge < -0.3 is 25.2 Å². The molecular weight excluding hydrogens is 248 g/mol. The van der Waals surface area contributed by atoms with Crippen molar-refractivity contribution in [3.05, 3.63) is 0 Å². The Morgan fingerprint density at radius 1 is 0.737 bits per heavy atom. The van der Waals surface area contributed by atoms with Crippen LogP contribution in [0.15, 0.2) is 0 Å². The lowest BCUT2D eigenvalue weighted by Gasteiger charge is -2.38. The van der Waals surface area contributed by atoms with Crippen LogP contribution in [0.1, 0.15) is 58.3 Å². The second-order valence-electron chi connectivity index (χ2n) is 5.45. The number of unbranched alkanes of at least 4 members (excludes halogenated alkanes) is 6. The molecule has 1 aliphatic heterocycles. The van der Waals surface area contributed by atoms with Gasteiger partial charge in [-0.2, -0.15) is 0 Å². The Kier molecular flexibility index (Phi) is 7.87. The molecule has 0 spiro atoms. The molecule has 19 heavy (non-hydrogen) atoms. The van der Waals surface area contributed by atoms with Gasteiger partial charge in [-0.1, -0.05) is 51.9 Å². The van der Waals surface area contributed by atoms with Gasteiger partial charge in [-0.15, -0.1) is 0 Å². The predicted octanol–water partition coefficient (Wildman–Crippen LogP) is 0.927. The summed E-state index contributed by atoms with van der Waals surface area (Å²) in [5.74, 6) is 0. The lowest BCUT2D eigenvalue weighted by molar-refractivity contribution is -0.282. The fourth-order valence-corrected chi connectivity index (χ4v) is 2.47. The van der Waals surface area contributed by atoms with Crippen molar-refractivity contribution < 1.29 is 25.2 Å². The van der Waals surface area contributed by atoms with E-state index in [0.29, 0.717) is 6.42 Å². The zero-order valence-corrected chi connectivity index (χ0v) is 11.7. The third-order valence-electron chi connectivity index (χ3n) is 3.78. The van der Waals surface area contributed by atoms with Crippen molar-refractivity contribution in [1.82, 2.24) is 0 Å². The quantitative estimate of drug-likeness (QED) is 0.495. The Morgan fingerprint density at radius 2 is 1.32 bits per heavy atom. The number of hydrogen-bond donors (Lipinski definition) is 4. The van der Waals surface area contributed by atoms with Crippen LogP contribution in [0.5, 0.6) is 0 Å². The summed E-state index contributed by atoms with van der Waals surface area (Å²) in [5.41, 5.74) is 0. The maximum atomic E-state index is 9.75. The minimum atomic E-state index is -1.43. The van der Waals surface area contributed by atoms with Crippen molar-refractivity contribution in [3.63, 3.8) is 0 Å². The highest BCUT2D eigenvalue weighted by Gasteiger charge is 2.42. The van der Waals surface area contributed by atoms with Crippen LogP contribution in [-0.4, -0.2) is 51.1 Å². The molecule has 4 N–H and O–H groups in total. The molecule has 1 saturated heterocycles. The second kappa shape index (κ2) is 8.87. The maximum absolute atomic E-state index is 9.75. The molecule has 5 heteroatoms. The standard InChI is InChI=1S/C14H28O5/c1-2-3-4-5-6-7-8-9-10-11(15)12(16)13(17)14(18)19-10/h10-18H,2-9H2,1H3/t10-,11+,12+,13-,14+/m0/s1. The van der Waals surface area contributed by atoms with Gasteiger partial charge in [0.05, 0.1) is 6.10 Å². The summed E-state index contributed by atoms with van der Waals surface area (Å²) < 4.78 is 5.12. The van der Waals surface area contributed by atoms with Crippen molar-refractivity contribution >= 4 is 0 Å². The first kappa shape index (κ1) is 16.9. The maximum Gasteiger partial charge on any atom is 0.183 e. The van der Waals surface area contributed by atoms with Crippen LogP contribution < -0.4 is 0 Å². The number of aliphatic hydroxyl groups is 4. The smallest absolute Gasteiger partial charge is 0.183 e. The molecule has 0 bridgehead atoms. The first-order valence-corrected chi connectivity index (χ1v) is 7.45. The zero-order chi connectivity index (χ0) is 14.3. The fraction of sp³-hybridized carbons (Fsp3) is 1.00. The number of hydrogen-bond acceptors (Lipinski definition) is 5.